The second-order valence-electron chi connectivity index (χ2n) is 13.8. The van der Waals surface area contributed by atoms with Crippen molar-refractivity contribution in [2.75, 3.05) is 32.7 Å². The Morgan fingerprint density at radius 2 is 1.61 bits per heavy atom. The maximum atomic E-state index is 12.6. The van der Waals surface area contributed by atoms with Gasteiger partial charge in [0.2, 0.25) is 0 Å². The number of hydrogen-bond acceptors (Lipinski definition) is 4. The zero-order chi connectivity index (χ0) is 30.3. The topological polar surface area (TPSA) is 61.6 Å². The van der Waals surface area contributed by atoms with Crippen molar-refractivity contribution in [1.82, 2.24) is 19.6 Å². The molecule has 6 nitrogen and oxygen atoms in total. The van der Waals surface area contributed by atoms with Crippen molar-refractivity contribution in [3.05, 3.63) is 89.2 Å². The largest absolute Gasteiger partial charge is 0.480 e. The predicted octanol–water partition coefficient (Wildman–Crippen LogP) is 7.01. The monoisotopic (exact) mass is 596 g/mol. The maximum Gasteiger partial charge on any atom is 0.321 e. The van der Waals surface area contributed by atoms with E-state index in [1.165, 1.54) is 41.6 Å². The van der Waals surface area contributed by atoms with E-state index in [4.69, 9.17) is 5.10 Å². The fourth-order valence-electron chi connectivity index (χ4n) is 8.50. The number of likely N-dealkylation sites (tertiary alicyclic amines) is 2. The third-order valence-electron chi connectivity index (χ3n) is 10.8. The smallest absolute Gasteiger partial charge is 0.321 e. The van der Waals surface area contributed by atoms with Crippen molar-refractivity contribution in [2.45, 2.75) is 95.6 Å². The van der Waals surface area contributed by atoms with E-state index in [1.54, 1.807) is 0 Å². The van der Waals surface area contributed by atoms with Crippen molar-refractivity contribution in [1.29, 1.82) is 0 Å². The van der Waals surface area contributed by atoms with Gasteiger partial charge in [-0.3, -0.25) is 14.4 Å². The number of carboxylic acids is 1. The van der Waals surface area contributed by atoms with Gasteiger partial charge in [0, 0.05) is 44.2 Å². The van der Waals surface area contributed by atoms with Gasteiger partial charge in [-0.05, 0) is 86.6 Å². The van der Waals surface area contributed by atoms with E-state index in [1.807, 2.05) is 0 Å². The number of benzene rings is 2. The molecular formula is C38H52N4O2. The normalized spacial score (nSPS) is 23.2. The standard InChI is InChI=1S/C38H52N4O2/c1-2-22-42-27-33(19-18-29-12-6-3-7-13-29)36(39-42)31-20-23-40(24-21-31)25-34-26-41(28-35(34)30-14-8-4-9-15-30)37(38(43)44)32-16-10-5-11-17-32/h3-4,6-9,12-15,27,31-32,34-35,37H,2,5,10-11,16-26,28H2,1H3,(H,43,44)/t34-,35+,37+/m0/s1. The van der Waals surface area contributed by atoms with Gasteiger partial charge in [-0.25, -0.2) is 0 Å². The summed E-state index contributed by atoms with van der Waals surface area (Å²) in [7, 11) is 0. The van der Waals surface area contributed by atoms with Gasteiger partial charge in [0.1, 0.15) is 6.04 Å². The van der Waals surface area contributed by atoms with Crippen LogP contribution in [-0.4, -0.2) is 69.4 Å². The Morgan fingerprint density at radius 3 is 2.30 bits per heavy atom. The average molecular weight is 597 g/mol. The van der Waals surface area contributed by atoms with Gasteiger partial charge >= 0.3 is 5.97 Å². The molecule has 1 aromatic heterocycles. The molecule has 0 bridgehead atoms. The lowest BCUT2D eigenvalue weighted by Crippen LogP contribution is -2.46. The van der Waals surface area contributed by atoms with E-state index in [0.29, 0.717) is 17.8 Å². The highest BCUT2D eigenvalue weighted by molar-refractivity contribution is 5.74. The summed E-state index contributed by atoms with van der Waals surface area (Å²) in [6, 6.07) is 21.4. The highest BCUT2D eigenvalue weighted by Gasteiger charge is 2.43. The summed E-state index contributed by atoms with van der Waals surface area (Å²) in [6.07, 6.45) is 13.5. The molecule has 0 amide bonds. The van der Waals surface area contributed by atoms with Gasteiger partial charge in [0.15, 0.2) is 0 Å². The molecule has 2 saturated heterocycles. The fraction of sp³-hybridized carbons (Fsp3) is 0.579. The first-order valence-electron chi connectivity index (χ1n) is 17.4. The van der Waals surface area contributed by atoms with Gasteiger partial charge in [-0.2, -0.15) is 5.10 Å². The second-order valence-corrected chi connectivity index (χ2v) is 13.8. The van der Waals surface area contributed by atoms with E-state index in [2.05, 4.69) is 88.3 Å². The lowest BCUT2D eigenvalue weighted by molar-refractivity contribution is -0.145. The van der Waals surface area contributed by atoms with Crippen molar-refractivity contribution < 1.29 is 9.90 Å². The molecule has 3 atom stereocenters. The number of nitrogens with zero attached hydrogens (tertiary/aromatic N) is 4. The Bertz CT molecular complexity index is 1310. The number of aryl methyl sites for hydroxylation is 3. The summed E-state index contributed by atoms with van der Waals surface area (Å²) in [5.74, 6) is 1.02. The van der Waals surface area contributed by atoms with Crippen molar-refractivity contribution in [3.63, 3.8) is 0 Å². The zero-order valence-corrected chi connectivity index (χ0v) is 26.7. The van der Waals surface area contributed by atoms with Crippen LogP contribution in [0.25, 0.3) is 0 Å². The minimum absolute atomic E-state index is 0.288. The van der Waals surface area contributed by atoms with Crippen LogP contribution in [0.5, 0.6) is 0 Å². The molecule has 0 unspecified atom stereocenters. The summed E-state index contributed by atoms with van der Waals surface area (Å²) in [5.41, 5.74) is 5.52. The minimum atomic E-state index is -0.615. The highest BCUT2D eigenvalue weighted by atomic mass is 16.4. The zero-order valence-electron chi connectivity index (χ0n) is 26.7. The third-order valence-corrected chi connectivity index (χ3v) is 10.8. The number of aromatic nitrogens is 2. The number of hydrogen-bond donors (Lipinski definition) is 1. The molecule has 1 saturated carbocycles. The molecule has 3 aliphatic rings. The van der Waals surface area contributed by atoms with Crippen LogP contribution in [0.15, 0.2) is 66.9 Å². The summed E-state index contributed by atoms with van der Waals surface area (Å²) in [4.78, 5) is 17.7. The molecule has 6 heteroatoms. The van der Waals surface area contributed by atoms with E-state index in [0.717, 1.165) is 84.2 Å². The highest BCUT2D eigenvalue weighted by Crippen LogP contribution is 2.39. The lowest BCUT2D eigenvalue weighted by Gasteiger charge is -2.35. The van der Waals surface area contributed by atoms with E-state index < -0.39 is 5.97 Å². The Hall–Kier alpha value is -2.96. The molecule has 3 fully saturated rings. The van der Waals surface area contributed by atoms with E-state index in [9.17, 15) is 9.90 Å². The molecule has 0 radical (unpaired) electrons. The number of aliphatic carboxylic acids is 1. The van der Waals surface area contributed by atoms with Gasteiger partial charge < -0.3 is 10.0 Å². The molecule has 3 heterocycles. The minimum Gasteiger partial charge on any atom is -0.480 e. The van der Waals surface area contributed by atoms with E-state index in [-0.39, 0.29) is 12.0 Å². The number of piperidine rings is 1. The van der Waals surface area contributed by atoms with Crippen LogP contribution in [-0.2, 0) is 24.2 Å². The first kappa shape index (κ1) is 31.0. The Kier molecular flexibility index (Phi) is 10.5. The molecular weight excluding hydrogens is 544 g/mol. The van der Waals surface area contributed by atoms with Crippen molar-refractivity contribution in [2.24, 2.45) is 11.8 Å². The quantitative estimate of drug-likeness (QED) is 0.244. The molecule has 3 aromatic rings. The van der Waals surface area contributed by atoms with Gasteiger partial charge in [0.05, 0.1) is 5.69 Å². The molecule has 2 aromatic carbocycles. The fourth-order valence-corrected chi connectivity index (χ4v) is 8.50. The molecule has 2 aliphatic heterocycles. The molecule has 236 valence electrons. The summed E-state index contributed by atoms with van der Waals surface area (Å²) < 4.78 is 2.19. The molecule has 6 rings (SSSR count). The van der Waals surface area contributed by atoms with Crippen LogP contribution in [0.1, 0.15) is 92.5 Å². The van der Waals surface area contributed by atoms with Crippen LogP contribution in [0.3, 0.4) is 0 Å². The second kappa shape index (κ2) is 14.9. The molecule has 0 spiro atoms. The first-order valence-corrected chi connectivity index (χ1v) is 17.4. The number of carboxylic acid groups (broad SMARTS) is 1. The lowest BCUT2D eigenvalue weighted by atomic mass is 9.83. The molecule has 1 aliphatic carbocycles. The van der Waals surface area contributed by atoms with Crippen LogP contribution in [0, 0.1) is 11.8 Å². The average Bonchev–Trinajstić information content (AvgIpc) is 3.66. The van der Waals surface area contributed by atoms with Gasteiger partial charge in [-0.15, -0.1) is 0 Å². The van der Waals surface area contributed by atoms with Gasteiger partial charge in [-0.1, -0.05) is 86.8 Å². The Morgan fingerprint density at radius 1 is 0.909 bits per heavy atom. The Labute approximate surface area is 264 Å². The summed E-state index contributed by atoms with van der Waals surface area (Å²) in [5, 5.41) is 15.5. The predicted molar refractivity (Wildman–Crippen MR) is 177 cm³/mol. The first-order chi connectivity index (χ1) is 21.6. The van der Waals surface area contributed by atoms with Crippen molar-refractivity contribution in [3.8, 4) is 0 Å². The summed E-state index contributed by atoms with van der Waals surface area (Å²) in [6.45, 7) is 8.18. The number of rotatable bonds is 12. The van der Waals surface area contributed by atoms with Gasteiger partial charge in [0.25, 0.3) is 0 Å². The van der Waals surface area contributed by atoms with E-state index >= 15 is 0 Å². The van der Waals surface area contributed by atoms with Crippen LogP contribution >= 0.6 is 0 Å². The molecule has 44 heavy (non-hydrogen) atoms. The summed E-state index contributed by atoms with van der Waals surface area (Å²) >= 11 is 0. The van der Waals surface area contributed by atoms with Crippen LogP contribution < -0.4 is 0 Å². The number of carbonyl (C=O) groups is 1. The SMILES string of the molecule is CCCn1cc(CCc2ccccc2)c(C2CCN(C[C@H]3CN([C@@H](C(=O)O)C4CCCCC4)C[C@@H]3c3ccccc3)CC2)n1. The Balaban J connectivity index is 1.12. The third kappa shape index (κ3) is 7.46. The molecule has 1 N–H and O–H groups in total. The van der Waals surface area contributed by atoms with Crippen LogP contribution in [0.2, 0.25) is 0 Å². The maximum absolute atomic E-state index is 12.6. The van der Waals surface area contributed by atoms with Crippen molar-refractivity contribution >= 4 is 5.97 Å². The van der Waals surface area contributed by atoms with Crippen LogP contribution in [0.4, 0.5) is 0 Å².